The van der Waals surface area contributed by atoms with Gasteiger partial charge in [-0.25, -0.2) is 9.97 Å². The molecule has 0 fully saturated rings. The maximum atomic E-state index is 6.49. The molecule has 10 heteroatoms. The molecule has 0 saturated heterocycles. The van der Waals surface area contributed by atoms with Crippen LogP contribution in [0, 0.1) is 0 Å². The Bertz CT molecular complexity index is 7640. The van der Waals surface area contributed by atoms with Crippen molar-refractivity contribution in [2.75, 3.05) is 0 Å². The van der Waals surface area contributed by atoms with Gasteiger partial charge in [0.2, 0.25) is 11.2 Å². The third kappa shape index (κ3) is 9.99. The second-order valence-corrected chi connectivity index (χ2v) is 33.5. The summed E-state index contributed by atoms with van der Waals surface area (Å²) in [5.74, 6) is 3.04. The number of para-hydroxylation sites is 2. The predicted molar refractivity (Wildman–Crippen MR) is 485 cm³/mol. The first-order valence-corrected chi connectivity index (χ1v) is 41.3. The van der Waals surface area contributed by atoms with Gasteiger partial charge in [-0.2, -0.15) is 19.9 Å². The van der Waals surface area contributed by atoms with E-state index in [-0.39, 0.29) is 47.1 Å². The number of hydrogen-bond acceptors (Lipinski definition) is 6. The number of rotatable bonds is 5. The number of nitrogens with one attached hydrogen (secondary N) is 1. The molecule has 16 aromatic carbocycles. The van der Waals surface area contributed by atoms with Crippen LogP contribution in [-0.2, 0) is 21.7 Å². The van der Waals surface area contributed by atoms with E-state index in [4.69, 9.17) is 31.5 Å². The predicted octanol–water partition coefficient (Wildman–Crippen LogP) is 23.9. The quantitative estimate of drug-likeness (QED) is 0.172. The first-order valence-electron chi connectivity index (χ1n) is 40.9. The maximum absolute atomic E-state index is 6.49. The van der Waals surface area contributed by atoms with E-state index in [1.807, 2.05) is 36.4 Å². The van der Waals surface area contributed by atoms with E-state index < -0.39 is 10.8 Å². The van der Waals surface area contributed by atoms with E-state index in [2.05, 4.69) is 375 Å². The molecule has 6 aliphatic rings. The third-order valence-corrected chi connectivity index (χ3v) is 26.7. The standard InChI is InChI=1S/C55H36N4.C34H20ClN3.C21H17N.Na.H/c1-54(2)42-25-11-6-21-36(42)38-31-32-39-37-22-10-15-30-47(37)59(50(39)49(38)54)53-57-51(33-17-4-3-5-18-33)56-52(58-53)41-24-16-29-46-48(41)40-23-9-14-28-45(40)55(46)43-26-12-7-19-34(43)35-20-8-13-27-44(35)55;35-33-37-31(21-11-2-1-3-12-21)36-32(38-33)25-16-10-20-29-30(25)24-15-6-9-19-28(24)34(29)26-17-7-4-13-22(26)23-14-5-8-18-27(23)34;1-21(2)17-9-5-3-7-13(17)15-11-12-16-14-8-4-6-10-18(14)22-20(16)19(15)21;;/h3-32H,1-2H3;1-20H;3-12,22H,1-2H3;;/q;;;+1;-1. The van der Waals surface area contributed by atoms with Crippen LogP contribution in [0.15, 0.2) is 364 Å². The Morgan fingerprint density at radius 3 is 1.11 bits per heavy atom. The normalized spacial score (nSPS) is 14.2. The van der Waals surface area contributed by atoms with Gasteiger partial charge in [0.25, 0.3) is 0 Å². The van der Waals surface area contributed by atoms with Gasteiger partial charge < -0.3 is 6.41 Å². The fraction of sp³-hybridized carbons (Fsp3) is 0.0727. The van der Waals surface area contributed by atoms with Crippen molar-refractivity contribution in [2.45, 2.75) is 49.4 Å². The fourth-order valence-corrected chi connectivity index (χ4v) is 22.0. The van der Waals surface area contributed by atoms with Crippen molar-refractivity contribution in [2.24, 2.45) is 0 Å². The number of aromatic nitrogens is 8. The van der Waals surface area contributed by atoms with Gasteiger partial charge in [0.1, 0.15) is 0 Å². The zero-order valence-corrected chi connectivity index (χ0v) is 69.4. The summed E-state index contributed by atoms with van der Waals surface area (Å²) >= 11 is 6.49. The molecule has 0 unspecified atom stereocenters. The number of hydrogen-bond donors (Lipinski definition) is 1. The fourth-order valence-electron chi connectivity index (χ4n) is 21.9. The Morgan fingerprint density at radius 2 is 0.608 bits per heavy atom. The van der Waals surface area contributed by atoms with Crippen molar-refractivity contribution < 1.29 is 31.0 Å². The Balaban J connectivity index is 0.000000120. The van der Waals surface area contributed by atoms with E-state index >= 15 is 0 Å². The minimum atomic E-state index is -0.471. The molecule has 0 amide bonds. The van der Waals surface area contributed by atoms with Crippen molar-refractivity contribution in [3.05, 3.63) is 436 Å². The molecule has 20 aromatic rings. The molecule has 0 radical (unpaired) electrons. The van der Waals surface area contributed by atoms with Crippen LogP contribution in [0.2, 0.25) is 5.28 Å². The van der Waals surface area contributed by atoms with Crippen LogP contribution in [0.25, 0.3) is 162 Å². The summed E-state index contributed by atoms with van der Waals surface area (Å²) in [6.45, 7) is 9.38. The SMILES string of the molecule is CC1(C)c2ccccc2-c2ccc3c([nH]c4ccccc43)c21.CC1(C)c2ccccc2-c2ccc3c4ccccc4n(-c4nc(-c5ccccc5)nc(-c5cccc6c5-c5ccccc5C65c6ccccc6-c6ccccc65)n4)c3c21.Clc1nc(-c2ccccc2)nc(-c2cccc3c2-c2ccccc2C32c3ccccc3-c3ccccc32)n1.[H-].[Na+]. The van der Waals surface area contributed by atoms with E-state index in [1.165, 1.54) is 161 Å². The van der Waals surface area contributed by atoms with E-state index in [9.17, 15) is 0 Å². The second-order valence-electron chi connectivity index (χ2n) is 33.2. The van der Waals surface area contributed by atoms with Gasteiger partial charge in [-0.05, 0) is 157 Å². The first-order chi connectivity index (χ1) is 58.5. The summed E-state index contributed by atoms with van der Waals surface area (Å²) in [7, 11) is 0. The van der Waals surface area contributed by atoms with E-state index in [0.29, 0.717) is 29.2 Å². The molecule has 0 bridgehead atoms. The smallest absolute Gasteiger partial charge is 1.00 e. The third-order valence-electron chi connectivity index (χ3n) is 26.6. The summed E-state index contributed by atoms with van der Waals surface area (Å²) in [5.41, 5.74) is 38.4. The monoisotopic (exact) mass is 1560 g/mol. The van der Waals surface area contributed by atoms with Crippen molar-refractivity contribution in [3.8, 4) is 118 Å². The molecule has 0 aliphatic heterocycles. The van der Waals surface area contributed by atoms with Crippen LogP contribution in [0.5, 0.6) is 0 Å². The molecule has 2 spiro atoms. The molecule has 4 aromatic heterocycles. The molecule has 4 heterocycles. The Labute approximate surface area is 723 Å². The molecule has 1 N–H and O–H groups in total. The number of H-pyrrole nitrogens is 1. The molecular weight excluding hydrogens is 1490 g/mol. The minimum Gasteiger partial charge on any atom is -1.00 e. The van der Waals surface area contributed by atoms with Gasteiger partial charge in [0, 0.05) is 60.1 Å². The second kappa shape index (κ2) is 27.0. The number of fused-ring (bicyclic) bond motifs is 34. The largest absolute Gasteiger partial charge is 1.00 e. The summed E-state index contributed by atoms with van der Waals surface area (Å²) in [6, 6.07) is 131. The van der Waals surface area contributed by atoms with Crippen LogP contribution in [0.1, 0.15) is 95.9 Å². The molecule has 562 valence electrons. The number of benzene rings is 16. The molecule has 0 atom stereocenters. The van der Waals surface area contributed by atoms with Crippen LogP contribution in [0.3, 0.4) is 0 Å². The van der Waals surface area contributed by atoms with Crippen molar-refractivity contribution >= 4 is 55.2 Å². The molecule has 0 saturated carbocycles. The van der Waals surface area contributed by atoms with Crippen molar-refractivity contribution in [1.29, 1.82) is 0 Å². The van der Waals surface area contributed by atoms with Gasteiger partial charge in [0.15, 0.2) is 23.3 Å². The number of nitrogens with zero attached hydrogens (tertiary/aromatic N) is 7. The Hall–Kier alpha value is -13.6. The van der Waals surface area contributed by atoms with Crippen molar-refractivity contribution in [1.82, 2.24) is 39.5 Å². The molecule has 8 nitrogen and oxygen atoms in total. The van der Waals surface area contributed by atoms with E-state index in [0.717, 1.165) is 38.9 Å². The summed E-state index contributed by atoms with van der Waals surface area (Å²) in [4.78, 5) is 34.0. The van der Waals surface area contributed by atoms with Crippen molar-refractivity contribution in [3.63, 3.8) is 0 Å². The Kier molecular flexibility index (Phi) is 16.1. The first kappa shape index (κ1) is 71.7. The number of halogens is 1. The van der Waals surface area contributed by atoms with Gasteiger partial charge in [-0.15, -0.1) is 0 Å². The average Bonchev–Trinajstić information content (AvgIpc) is 1.51. The molecule has 26 rings (SSSR count). The summed E-state index contributed by atoms with van der Waals surface area (Å²) in [6.07, 6.45) is 0. The van der Waals surface area contributed by atoms with E-state index in [1.54, 1.807) is 0 Å². The van der Waals surface area contributed by atoms with Crippen LogP contribution < -0.4 is 29.6 Å². The molecule has 6 aliphatic carbocycles. The Morgan fingerprint density at radius 1 is 0.267 bits per heavy atom. The van der Waals surface area contributed by atoms with Gasteiger partial charge in [-0.3, -0.25) is 4.57 Å². The molecular formula is C110H74ClN8Na. The van der Waals surface area contributed by atoms with Gasteiger partial charge >= 0.3 is 29.6 Å². The summed E-state index contributed by atoms with van der Waals surface area (Å²) < 4.78 is 2.32. The van der Waals surface area contributed by atoms with Crippen LogP contribution in [0.4, 0.5) is 0 Å². The minimum absolute atomic E-state index is 0. The van der Waals surface area contributed by atoms with Crippen LogP contribution >= 0.6 is 11.6 Å². The van der Waals surface area contributed by atoms with Gasteiger partial charge in [0.05, 0.1) is 27.4 Å². The summed E-state index contributed by atoms with van der Waals surface area (Å²) in [5, 5.41) is 5.19. The zero-order valence-electron chi connectivity index (χ0n) is 67.6. The maximum Gasteiger partial charge on any atom is 1.00 e. The topological polar surface area (TPSA) is 98.1 Å². The van der Waals surface area contributed by atoms with Gasteiger partial charge in [-0.1, -0.05) is 380 Å². The number of aromatic amines is 1. The average molecular weight is 1570 g/mol. The zero-order chi connectivity index (χ0) is 79.2. The molecule has 120 heavy (non-hydrogen) atoms. The van der Waals surface area contributed by atoms with Crippen LogP contribution in [-0.4, -0.2) is 39.5 Å².